The lowest BCUT2D eigenvalue weighted by Gasteiger charge is -1.95. The molecular weight excluding hydrogens is 174 g/mol. The fraction of sp³-hybridized carbons (Fsp3) is 0.125. The van der Waals surface area contributed by atoms with Crippen molar-refractivity contribution in [3.8, 4) is 12.1 Å². The first-order valence-electron chi connectivity index (χ1n) is 3.19. The SMILES string of the molecule is N#CCc1cnc(C#N)c(Cl)c1. The molecule has 58 valence electrons. The second-order valence-electron chi connectivity index (χ2n) is 2.12. The number of hydrogen-bond acceptors (Lipinski definition) is 3. The number of rotatable bonds is 1. The van der Waals surface area contributed by atoms with E-state index in [9.17, 15) is 0 Å². The molecule has 1 heterocycles. The molecule has 0 aromatic carbocycles. The van der Waals surface area contributed by atoms with E-state index in [-0.39, 0.29) is 12.1 Å². The van der Waals surface area contributed by atoms with E-state index in [0.717, 1.165) is 5.56 Å². The Morgan fingerprint density at radius 1 is 1.50 bits per heavy atom. The molecule has 4 heteroatoms. The molecule has 0 bridgehead atoms. The van der Waals surface area contributed by atoms with E-state index < -0.39 is 0 Å². The lowest BCUT2D eigenvalue weighted by molar-refractivity contribution is 1.17. The minimum atomic E-state index is 0.193. The Balaban J connectivity index is 3.06. The van der Waals surface area contributed by atoms with Gasteiger partial charge in [0.2, 0.25) is 0 Å². The van der Waals surface area contributed by atoms with Crippen LogP contribution in [-0.4, -0.2) is 4.98 Å². The van der Waals surface area contributed by atoms with Gasteiger partial charge in [0.25, 0.3) is 0 Å². The highest BCUT2D eigenvalue weighted by Gasteiger charge is 2.01. The molecular formula is C8H4ClN3. The molecule has 0 atom stereocenters. The summed E-state index contributed by atoms with van der Waals surface area (Å²) in [6, 6.07) is 5.39. The van der Waals surface area contributed by atoms with E-state index in [1.165, 1.54) is 6.20 Å². The van der Waals surface area contributed by atoms with Crippen molar-refractivity contribution in [2.45, 2.75) is 6.42 Å². The topological polar surface area (TPSA) is 60.5 Å². The highest BCUT2D eigenvalue weighted by molar-refractivity contribution is 6.31. The summed E-state index contributed by atoms with van der Waals surface area (Å²) in [5.41, 5.74) is 0.917. The molecule has 0 aliphatic rings. The quantitative estimate of drug-likeness (QED) is 0.656. The maximum Gasteiger partial charge on any atom is 0.159 e. The van der Waals surface area contributed by atoms with Crippen molar-refractivity contribution in [3.63, 3.8) is 0 Å². The summed E-state index contributed by atoms with van der Waals surface area (Å²) < 4.78 is 0. The second-order valence-corrected chi connectivity index (χ2v) is 2.53. The maximum atomic E-state index is 8.48. The Morgan fingerprint density at radius 2 is 2.25 bits per heavy atom. The molecule has 0 aliphatic carbocycles. The van der Waals surface area contributed by atoms with Crippen molar-refractivity contribution in [1.82, 2.24) is 4.98 Å². The summed E-state index contributed by atoms with van der Waals surface area (Å²) in [5, 5.41) is 17.1. The third-order valence-electron chi connectivity index (χ3n) is 1.29. The van der Waals surface area contributed by atoms with Crippen molar-refractivity contribution >= 4 is 11.6 Å². The molecule has 0 saturated carbocycles. The van der Waals surface area contributed by atoms with Gasteiger partial charge in [-0.1, -0.05) is 11.6 Å². The molecule has 0 aliphatic heterocycles. The van der Waals surface area contributed by atoms with E-state index in [2.05, 4.69) is 4.98 Å². The summed E-state index contributed by atoms with van der Waals surface area (Å²) in [6.07, 6.45) is 1.74. The van der Waals surface area contributed by atoms with Gasteiger partial charge < -0.3 is 0 Å². The molecule has 0 saturated heterocycles. The van der Waals surface area contributed by atoms with E-state index in [0.29, 0.717) is 5.02 Å². The molecule has 12 heavy (non-hydrogen) atoms. The van der Waals surface area contributed by atoms with Gasteiger partial charge in [-0.3, -0.25) is 0 Å². The summed E-state index contributed by atoms with van der Waals surface area (Å²) in [5.74, 6) is 0. The van der Waals surface area contributed by atoms with Gasteiger partial charge in [0, 0.05) is 6.20 Å². The van der Waals surface area contributed by atoms with Crippen LogP contribution in [0.4, 0.5) is 0 Å². The minimum absolute atomic E-state index is 0.193. The zero-order chi connectivity index (χ0) is 8.97. The molecule has 3 nitrogen and oxygen atoms in total. The van der Waals surface area contributed by atoms with Gasteiger partial charge in [-0.15, -0.1) is 0 Å². The minimum Gasteiger partial charge on any atom is -0.244 e. The number of nitriles is 2. The van der Waals surface area contributed by atoms with Crippen LogP contribution >= 0.6 is 11.6 Å². The number of aromatic nitrogens is 1. The first kappa shape index (κ1) is 8.52. The summed E-state index contributed by atoms with van der Waals surface area (Å²) in [7, 11) is 0. The molecule has 1 aromatic heterocycles. The first-order valence-corrected chi connectivity index (χ1v) is 3.57. The fourth-order valence-corrected chi connectivity index (χ4v) is 0.979. The Hall–Kier alpha value is -1.58. The third kappa shape index (κ3) is 1.72. The lowest BCUT2D eigenvalue weighted by Crippen LogP contribution is -1.88. The molecule has 1 aromatic rings. The van der Waals surface area contributed by atoms with Gasteiger partial charge >= 0.3 is 0 Å². The van der Waals surface area contributed by atoms with Gasteiger partial charge in [0.1, 0.15) is 6.07 Å². The maximum absolute atomic E-state index is 8.48. The van der Waals surface area contributed by atoms with Crippen LogP contribution in [0.1, 0.15) is 11.3 Å². The van der Waals surface area contributed by atoms with Crippen molar-refractivity contribution in [3.05, 3.63) is 28.5 Å². The predicted octanol–water partition coefficient (Wildman–Crippen LogP) is 1.67. The molecule has 0 radical (unpaired) electrons. The van der Waals surface area contributed by atoms with Gasteiger partial charge in [-0.05, 0) is 11.6 Å². The molecule has 0 amide bonds. The van der Waals surface area contributed by atoms with Gasteiger partial charge in [0.15, 0.2) is 5.69 Å². The second kappa shape index (κ2) is 3.71. The van der Waals surface area contributed by atoms with Crippen LogP contribution in [0.3, 0.4) is 0 Å². The highest BCUT2D eigenvalue weighted by Crippen LogP contribution is 2.14. The summed E-state index contributed by atoms with van der Waals surface area (Å²) >= 11 is 5.67. The van der Waals surface area contributed by atoms with E-state index in [1.807, 2.05) is 12.1 Å². The smallest absolute Gasteiger partial charge is 0.159 e. The van der Waals surface area contributed by atoms with Crippen LogP contribution in [0.2, 0.25) is 5.02 Å². The molecule has 0 N–H and O–H groups in total. The first-order chi connectivity index (χ1) is 5.77. The average Bonchev–Trinajstić information content (AvgIpc) is 2.05. The normalized spacial score (nSPS) is 8.58. The van der Waals surface area contributed by atoms with Crippen LogP contribution in [0.15, 0.2) is 12.3 Å². The van der Waals surface area contributed by atoms with E-state index >= 15 is 0 Å². The number of halogens is 1. The van der Waals surface area contributed by atoms with Gasteiger partial charge in [-0.2, -0.15) is 10.5 Å². The van der Waals surface area contributed by atoms with Crippen LogP contribution < -0.4 is 0 Å². The van der Waals surface area contributed by atoms with E-state index in [4.69, 9.17) is 22.1 Å². The molecule has 1 rings (SSSR count). The Morgan fingerprint density at radius 3 is 2.75 bits per heavy atom. The zero-order valence-corrected chi connectivity index (χ0v) is 6.84. The number of pyridine rings is 1. The van der Waals surface area contributed by atoms with E-state index in [1.54, 1.807) is 6.07 Å². The third-order valence-corrected chi connectivity index (χ3v) is 1.58. The zero-order valence-electron chi connectivity index (χ0n) is 6.08. The molecule has 0 fully saturated rings. The molecule has 0 unspecified atom stereocenters. The number of nitrogens with zero attached hydrogens (tertiary/aromatic N) is 3. The monoisotopic (exact) mass is 177 g/mol. The van der Waals surface area contributed by atoms with Gasteiger partial charge in [-0.25, -0.2) is 4.98 Å². The Labute approximate surface area is 74.8 Å². The standard InChI is InChI=1S/C8H4ClN3/c9-7-3-6(1-2-10)5-12-8(7)4-11/h3,5H,1H2. The fourth-order valence-electron chi connectivity index (χ4n) is 0.748. The van der Waals surface area contributed by atoms with Crippen LogP contribution in [0.5, 0.6) is 0 Å². The van der Waals surface area contributed by atoms with Crippen LogP contribution in [0, 0.1) is 22.7 Å². The Kier molecular flexibility index (Phi) is 2.63. The van der Waals surface area contributed by atoms with Crippen LogP contribution in [-0.2, 0) is 6.42 Å². The van der Waals surface area contributed by atoms with Crippen molar-refractivity contribution < 1.29 is 0 Å². The highest BCUT2D eigenvalue weighted by atomic mass is 35.5. The van der Waals surface area contributed by atoms with Gasteiger partial charge in [0.05, 0.1) is 17.5 Å². The summed E-state index contributed by atoms with van der Waals surface area (Å²) in [4.78, 5) is 3.77. The predicted molar refractivity (Wildman–Crippen MR) is 43.3 cm³/mol. The lowest BCUT2D eigenvalue weighted by atomic mass is 10.2. The summed E-state index contributed by atoms with van der Waals surface area (Å²) in [6.45, 7) is 0. The van der Waals surface area contributed by atoms with Crippen molar-refractivity contribution in [2.75, 3.05) is 0 Å². The Bertz CT molecular complexity index is 373. The average molecular weight is 178 g/mol. The number of hydrogen-bond donors (Lipinski definition) is 0. The van der Waals surface area contributed by atoms with Crippen molar-refractivity contribution in [1.29, 1.82) is 10.5 Å². The molecule has 0 spiro atoms. The largest absolute Gasteiger partial charge is 0.244 e. The van der Waals surface area contributed by atoms with Crippen LogP contribution in [0.25, 0.3) is 0 Å². The van der Waals surface area contributed by atoms with Crippen molar-refractivity contribution in [2.24, 2.45) is 0 Å².